The largest absolute Gasteiger partial charge is 0.369 e. The van der Waals surface area contributed by atoms with Crippen molar-refractivity contribution in [3.05, 3.63) is 63.2 Å². The lowest BCUT2D eigenvalue weighted by atomic mass is 10.1. The lowest BCUT2D eigenvalue weighted by molar-refractivity contribution is 0.881. The van der Waals surface area contributed by atoms with Crippen molar-refractivity contribution in [1.29, 1.82) is 0 Å². The zero-order chi connectivity index (χ0) is 15.1. The van der Waals surface area contributed by atoms with Gasteiger partial charge in [-0.2, -0.15) is 5.10 Å². The highest BCUT2D eigenvalue weighted by atomic mass is 127. The van der Waals surface area contributed by atoms with Crippen molar-refractivity contribution in [1.82, 2.24) is 9.78 Å². The topological polar surface area (TPSA) is 29.9 Å². The predicted octanol–water partition coefficient (Wildman–Crippen LogP) is 4.42. The van der Waals surface area contributed by atoms with Crippen molar-refractivity contribution >= 4 is 28.4 Å². The number of anilines is 1. The maximum absolute atomic E-state index is 4.91. The third-order valence-corrected chi connectivity index (χ3v) is 5.00. The Morgan fingerprint density at radius 3 is 2.64 bits per heavy atom. The van der Waals surface area contributed by atoms with E-state index in [1.165, 1.54) is 20.3 Å². The molecule has 1 aromatic heterocycles. The molecular weight excluding hydrogens is 385 g/mol. The molecule has 0 fully saturated rings. The highest BCUT2D eigenvalue weighted by molar-refractivity contribution is 14.1. The molecule has 3 aromatic rings. The fraction of sp³-hybridized carbons (Fsp3) is 0.167. The molecule has 0 saturated heterocycles. The van der Waals surface area contributed by atoms with E-state index in [-0.39, 0.29) is 0 Å². The average molecular weight is 401 g/mol. The highest BCUT2D eigenvalue weighted by Crippen LogP contribution is 2.36. The van der Waals surface area contributed by atoms with Crippen LogP contribution in [0.15, 0.2) is 48.5 Å². The third-order valence-electron chi connectivity index (χ3n) is 4.06. The second-order valence-corrected chi connectivity index (χ2v) is 6.74. The minimum absolute atomic E-state index is 0.982. The van der Waals surface area contributed by atoms with E-state index in [0.29, 0.717) is 0 Å². The van der Waals surface area contributed by atoms with Gasteiger partial charge in [-0.1, -0.05) is 35.9 Å². The van der Waals surface area contributed by atoms with Crippen molar-refractivity contribution in [2.75, 3.05) is 11.9 Å². The van der Waals surface area contributed by atoms with Gasteiger partial charge in [-0.3, -0.25) is 0 Å². The molecule has 1 N–H and O–H groups in total. The van der Waals surface area contributed by atoms with E-state index in [0.717, 1.165) is 30.2 Å². The van der Waals surface area contributed by atoms with Crippen molar-refractivity contribution in [2.24, 2.45) is 0 Å². The Labute approximate surface area is 143 Å². The third kappa shape index (κ3) is 2.22. The van der Waals surface area contributed by atoms with E-state index < -0.39 is 0 Å². The summed E-state index contributed by atoms with van der Waals surface area (Å²) in [5.41, 5.74) is 6.01. The van der Waals surface area contributed by atoms with Crippen LogP contribution in [-0.2, 0) is 6.42 Å². The van der Waals surface area contributed by atoms with E-state index in [1.807, 2.05) is 4.68 Å². The minimum Gasteiger partial charge on any atom is -0.369 e. The number of aryl methyl sites for hydroxylation is 1. The summed E-state index contributed by atoms with van der Waals surface area (Å²) in [7, 11) is 0. The first-order valence-electron chi connectivity index (χ1n) is 7.42. The van der Waals surface area contributed by atoms with Crippen LogP contribution in [0.2, 0.25) is 0 Å². The summed E-state index contributed by atoms with van der Waals surface area (Å²) < 4.78 is 3.28. The van der Waals surface area contributed by atoms with Crippen LogP contribution in [0, 0.1) is 10.5 Å². The molecule has 1 aliphatic heterocycles. The molecule has 4 heteroatoms. The van der Waals surface area contributed by atoms with Crippen molar-refractivity contribution in [3.8, 4) is 16.9 Å². The van der Waals surface area contributed by atoms with E-state index in [1.54, 1.807) is 0 Å². The zero-order valence-corrected chi connectivity index (χ0v) is 14.5. The molecule has 0 bridgehead atoms. The lowest BCUT2D eigenvalue weighted by Gasteiger charge is -2.06. The van der Waals surface area contributed by atoms with Crippen molar-refractivity contribution in [3.63, 3.8) is 0 Å². The van der Waals surface area contributed by atoms with Gasteiger partial charge in [-0.05, 0) is 54.1 Å². The molecule has 0 spiro atoms. The van der Waals surface area contributed by atoms with Crippen LogP contribution in [0.1, 0.15) is 11.1 Å². The van der Waals surface area contributed by atoms with Crippen LogP contribution in [0.3, 0.4) is 0 Å². The van der Waals surface area contributed by atoms with E-state index in [2.05, 4.69) is 83.4 Å². The summed E-state index contributed by atoms with van der Waals surface area (Å²) in [6.07, 6.45) is 1.03. The van der Waals surface area contributed by atoms with Crippen LogP contribution in [0.4, 0.5) is 5.82 Å². The zero-order valence-electron chi connectivity index (χ0n) is 12.3. The first-order valence-corrected chi connectivity index (χ1v) is 8.49. The van der Waals surface area contributed by atoms with Gasteiger partial charge in [-0.25, -0.2) is 4.68 Å². The molecule has 2 heterocycles. The van der Waals surface area contributed by atoms with Gasteiger partial charge in [0.2, 0.25) is 0 Å². The van der Waals surface area contributed by atoms with Gasteiger partial charge < -0.3 is 5.32 Å². The monoisotopic (exact) mass is 401 g/mol. The van der Waals surface area contributed by atoms with Crippen LogP contribution < -0.4 is 5.32 Å². The second kappa shape index (κ2) is 5.43. The Bertz CT molecular complexity index is 834. The van der Waals surface area contributed by atoms with Crippen LogP contribution in [0.25, 0.3) is 16.9 Å². The molecule has 0 aliphatic carbocycles. The molecule has 0 radical (unpaired) electrons. The first-order chi connectivity index (χ1) is 10.7. The fourth-order valence-corrected chi connectivity index (χ4v) is 3.56. The summed E-state index contributed by atoms with van der Waals surface area (Å²) in [5, 5.41) is 8.40. The van der Waals surface area contributed by atoms with Gasteiger partial charge in [0.1, 0.15) is 5.82 Å². The predicted molar refractivity (Wildman–Crippen MR) is 98.6 cm³/mol. The van der Waals surface area contributed by atoms with Gasteiger partial charge >= 0.3 is 0 Å². The van der Waals surface area contributed by atoms with E-state index in [9.17, 15) is 0 Å². The summed E-state index contributed by atoms with van der Waals surface area (Å²) >= 11 is 2.39. The quantitative estimate of drug-likeness (QED) is 0.645. The Hall–Kier alpha value is -1.82. The number of benzene rings is 2. The SMILES string of the molecule is Cc1ccc(-n2nc(-c3ccccc3I)c3c2NCC3)cc1. The molecule has 110 valence electrons. The second-order valence-electron chi connectivity index (χ2n) is 5.58. The molecular formula is C18H16IN3. The molecule has 0 atom stereocenters. The number of hydrogen-bond acceptors (Lipinski definition) is 2. The average Bonchev–Trinajstić information content (AvgIpc) is 3.11. The highest BCUT2D eigenvalue weighted by Gasteiger charge is 2.24. The van der Waals surface area contributed by atoms with Crippen molar-refractivity contribution in [2.45, 2.75) is 13.3 Å². The van der Waals surface area contributed by atoms with Gasteiger partial charge in [-0.15, -0.1) is 0 Å². The number of nitrogens with zero attached hydrogens (tertiary/aromatic N) is 2. The van der Waals surface area contributed by atoms with Crippen LogP contribution in [0.5, 0.6) is 0 Å². The molecule has 4 rings (SSSR count). The van der Waals surface area contributed by atoms with Crippen molar-refractivity contribution < 1.29 is 0 Å². The number of hydrogen-bond donors (Lipinski definition) is 1. The summed E-state index contributed by atoms with van der Waals surface area (Å²) in [5.74, 6) is 1.14. The maximum Gasteiger partial charge on any atom is 0.133 e. The molecule has 0 unspecified atom stereocenters. The van der Waals surface area contributed by atoms with E-state index >= 15 is 0 Å². The van der Waals surface area contributed by atoms with Gasteiger partial charge in [0.05, 0.1) is 11.4 Å². The molecule has 22 heavy (non-hydrogen) atoms. The van der Waals surface area contributed by atoms with Crippen LogP contribution >= 0.6 is 22.6 Å². The maximum atomic E-state index is 4.91. The Balaban J connectivity index is 1.90. The van der Waals surface area contributed by atoms with Gasteiger partial charge in [0, 0.05) is 21.2 Å². The summed E-state index contributed by atoms with van der Waals surface area (Å²) in [6.45, 7) is 3.09. The number of halogens is 1. The number of aromatic nitrogens is 2. The standard InChI is InChI=1S/C18H16IN3/c1-12-6-8-13(9-7-12)22-18-15(10-11-20-18)17(21-22)14-4-2-3-5-16(14)19/h2-9,20H,10-11H2,1H3. The Morgan fingerprint density at radius 1 is 1.09 bits per heavy atom. The molecule has 0 amide bonds. The van der Waals surface area contributed by atoms with Crippen LogP contribution in [-0.4, -0.2) is 16.3 Å². The van der Waals surface area contributed by atoms with E-state index in [4.69, 9.17) is 5.10 Å². The smallest absolute Gasteiger partial charge is 0.133 e. The van der Waals surface area contributed by atoms with Gasteiger partial charge in [0.25, 0.3) is 0 Å². The Morgan fingerprint density at radius 2 is 1.86 bits per heavy atom. The molecule has 1 aliphatic rings. The molecule has 3 nitrogen and oxygen atoms in total. The number of fused-ring (bicyclic) bond motifs is 1. The van der Waals surface area contributed by atoms with Gasteiger partial charge in [0.15, 0.2) is 0 Å². The molecule has 2 aromatic carbocycles. The normalized spacial score (nSPS) is 13.0. The minimum atomic E-state index is 0.982. The number of rotatable bonds is 2. The Kier molecular flexibility index (Phi) is 3.41. The fourth-order valence-electron chi connectivity index (χ4n) is 2.92. The first kappa shape index (κ1) is 13.8. The summed E-state index contributed by atoms with van der Waals surface area (Å²) in [6, 6.07) is 17.0. The number of nitrogens with one attached hydrogen (secondary N) is 1. The lowest BCUT2D eigenvalue weighted by Crippen LogP contribution is -2.04. The molecule has 0 saturated carbocycles. The summed E-state index contributed by atoms with van der Waals surface area (Å²) in [4.78, 5) is 0.